The number of rotatable bonds is 4. The number of anilines is 3. The molecule has 0 N–H and O–H groups in total. The highest BCUT2D eigenvalue weighted by Gasteiger charge is 2.27. The molecule has 0 aliphatic carbocycles. The topological polar surface area (TPSA) is 61.8 Å². The molecule has 1 amide bonds. The molecule has 0 radical (unpaired) electrons. The van der Waals surface area contributed by atoms with Crippen molar-refractivity contribution >= 4 is 23.1 Å². The van der Waals surface area contributed by atoms with Crippen LogP contribution in [0.5, 0.6) is 5.75 Å². The molecule has 1 fully saturated rings. The lowest BCUT2D eigenvalue weighted by atomic mass is 10.2. The Morgan fingerprint density at radius 1 is 0.806 bits per heavy atom. The van der Waals surface area contributed by atoms with E-state index in [4.69, 9.17) is 4.74 Å². The van der Waals surface area contributed by atoms with Crippen molar-refractivity contribution in [3.8, 4) is 5.75 Å². The molecular formula is C24H25N5O2. The average Bonchev–Trinajstić information content (AvgIpc) is 3.28. The van der Waals surface area contributed by atoms with Crippen LogP contribution in [0.15, 0.2) is 60.7 Å². The molecule has 158 valence electrons. The molecule has 7 nitrogen and oxygen atoms in total. The van der Waals surface area contributed by atoms with Crippen LogP contribution in [0.3, 0.4) is 0 Å². The first kappa shape index (κ1) is 19.4. The van der Waals surface area contributed by atoms with Crippen molar-refractivity contribution in [2.45, 2.75) is 6.42 Å². The Balaban J connectivity index is 1.25. The second-order valence-corrected chi connectivity index (χ2v) is 7.76. The number of carbonyl (C=O) groups excluding carboxylic acids is 1. The zero-order chi connectivity index (χ0) is 21.2. The van der Waals surface area contributed by atoms with Crippen molar-refractivity contribution in [1.29, 1.82) is 0 Å². The molecule has 0 saturated carbocycles. The molecule has 1 aromatic heterocycles. The van der Waals surface area contributed by atoms with E-state index in [1.165, 1.54) is 5.56 Å². The Kier molecular flexibility index (Phi) is 5.16. The van der Waals surface area contributed by atoms with Crippen molar-refractivity contribution in [3.63, 3.8) is 0 Å². The number of para-hydroxylation sites is 3. The summed E-state index contributed by atoms with van der Waals surface area (Å²) < 4.78 is 5.50. The molecule has 5 rings (SSSR count). The number of amides is 1. The van der Waals surface area contributed by atoms with Gasteiger partial charge in [0.25, 0.3) is 5.91 Å². The van der Waals surface area contributed by atoms with Gasteiger partial charge in [0.05, 0.1) is 12.8 Å². The molecule has 2 aliphatic heterocycles. The third kappa shape index (κ3) is 3.67. The number of aromatic nitrogens is 2. The number of hydrogen-bond acceptors (Lipinski definition) is 6. The number of ether oxygens (including phenoxy) is 1. The zero-order valence-corrected chi connectivity index (χ0v) is 17.6. The Morgan fingerprint density at radius 2 is 1.52 bits per heavy atom. The summed E-state index contributed by atoms with van der Waals surface area (Å²) in [6.07, 6.45) is 0.879. The minimum atomic E-state index is -0.0926. The van der Waals surface area contributed by atoms with Gasteiger partial charge in [0.1, 0.15) is 5.75 Å². The lowest BCUT2D eigenvalue weighted by Gasteiger charge is -2.37. The Bertz CT molecular complexity index is 1080. The van der Waals surface area contributed by atoms with Crippen LogP contribution in [0, 0.1) is 0 Å². The molecule has 0 atom stereocenters. The number of piperazine rings is 1. The fourth-order valence-corrected chi connectivity index (χ4v) is 4.36. The van der Waals surface area contributed by atoms with E-state index in [1.54, 1.807) is 18.1 Å². The van der Waals surface area contributed by atoms with Crippen LogP contribution in [0.4, 0.5) is 17.2 Å². The van der Waals surface area contributed by atoms with Crippen LogP contribution in [-0.2, 0) is 6.42 Å². The second-order valence-electron chi connectivity index (χ2n) is 7.76. The van der Waals surface area contributed by atoms with E-state index < -0.39 is 0 Å². The number of benzene rings is 2. The smallest absolute Gasteiger partial charge is 0.278 e. The largest absolute Gasteiger partial charge is 0.495 e. The SMILES string of the molecule is COc1ccccc1N1CCN(c2ccc(C(=O)N3CCc4ccccc43)nn2)CC1. The number of nitrogens with zero attached hydrogens (tertiary/aromatic N) is 5. The summed E-state index contributed by atoms with van der Waals surface area (Å²) in [4.78, 5) is 19.3. The molecule has 2 aliphatic rings. The van der Waals surface area contributed by atoms with Crippen molar-refractivity contribution in [2.24, 2.45) is 0 Å². The summed E-state index contributed by atoms with van der Waals surface area (Å²) in [5.41, 5.74) is 3.68. The molecule has 1 saturated heterocycles. The van der Waals surface area contributed by atoms with E-state index in [-0.39, 0.29) is 5.91 Å². The van der Waals surface area contributed by atoms with Crippen molar-refractivity contribution < 1.29 is 9.53 Å². The summed E-state index contributed by atoms with van der Waals surface area (Å²) in [6.45, 7) is 4.09. The first-order valence-electron chi connectivity index (χ1n) is 10.6. The summed E-state index contributed by atoms with van der Waals surface area (Å²) in [6, 6.07) is 19.8. The minimum absolute atomic E-state index is 0.0926. The van der Waals surface area contributed by atoms with Gasteiger partial charge in [0.15, 0.2) is 11.5 Å². The molecule has 0 unspecified atom stereocenters. The van der Waals surface area contributed by atoms with Crippen LogP contribution in [-0.4, -0.2) is 55.9 Å². The van der Waals surface area contributed by atoms with Gasteiger partial charge in [-0.1, -0.05) is 30.3 Å². The second kappa shape index (κ2) is 8.26. The van der Waals surface area contributed by atoms with E-state index in [9.17, 15) is 4.79 Å². The van der Waals surface area contributed by atoms with Gasteiger partial charge < -0.3 is 19.4 Å². The van der Waals surface area contributed by atoms with Crippen LogP contribution in [0.1, 0.15) is 16.1 Å². The average molecular weight is 415 g/mol. The fraction of sp³-hybridized carbons (Fsp3) is 0.292. The van der Waals surface area contributed by atoms with Gasteiger partial charge >= 0.3 is 0 Å². The normalized spacial score (nSPS) is 15.7. The van der Waals surface area contributed by atoms with Crippen molar-refractivity contribution in [1.82, 2.24) is 10.2 Å². The number of hydrogen-bond donors (Lipinski definition) is 0. The maximum absolute atomic E-state index is 12.9. The predicted octanol–water partition coefficient (Wildman–Crippen LogP) is 3.01. The summed E-state index contributed by atoms with van der Waals surface area (Å²) in [7, 11) is 1.70. The molecule has 31 heavy (non-hydrogen) atoms. The van der Waals surface area contributed by atoms with Crippen molar-refractivity contribution in [3.05, 3.63) is 71.9 Å². The predicted molar refractivity (Wildman–Crippen MR) is 121 cm³/mol. The Labute approximate surface area is 181 Å². The van der Waals surface area contributed by atoms with Crippen molar-refractivity contribution in [2.75, 3.05) is 54.5 Å². The van der Waals surface area contributed by atoms with E-state index in [1.807, 2.05) is 42.5 Å². The van der Waals surface area contributed by atoms with E-state index in [0.717, 1.165) is 55.5 Å². The maximum Gasteiger partial charge on any atom is 0.278 e. The van der Waals surface area contributed by atoms with Gasteiger partial charge in [-0.05, 0) is 42.3 Å². The molecule has 3 heterocycles. The maximum atomic E-state index is 12.9. The molecule has 0 spiro atoms. The highest BCUT2D eigenvalue weighted by molar-refractivity contribution is 6.06. The number of carbonyl (C=O) groups is 1. The Hall–Kier alpha value is -3.61. The van der Waals surface area contributed by atoms with E-state index in [2.05, 4.69) is 32.1 Å². The van der Waals surface area contributed by atoms with Crippen LogP contribution in [0.25, 0.3) is 0 Å². The highest BCUT2D eigenvalue weighted by Crippen LogP contribution is 2.30. The number of methoxy groups -OCH3 is 1. The lowest BCUT2D eigenvalue weighted by molar-refractivity contribution is 0.0983. The van der Waals surface area contributed by atoms with Crippen LogP contribution in [0.2, 0.25) is 0 Å². The molecule has 7 heteroatoms. The fourth-order valence-electron chi connectivity index (χ4n) is 4.36. The Morgan fingerprint density at radius 3 is 2.26 bits per heavy atom. The summed E-state index contributed by atoms with van der Waals surface area (Å²) in [5, 5.41) is 8.63. The first-order valence-corrected chi connectivity index (χ1v) is 10.6. The number of fused-ring (bicyclic) bond motifs is 1. The zero-order valence-electron chi connectivity index (χ0n) is 17.6. The van der Waals surface area contributed by atoms with Gasteiger partial charge in [-0.25, -0.2) is 0 Å². The van der Waals surface area contributed by atoms with Gasteiger partial charge in [0, 0.05) is 38.4 Å². The third-order valence-corrected chi connectivity index (χ3v) is 6.03. The van der Waals surface area contributed by atoms with E-state index >= 15 is 0 Å². The standard InChI is InChI=1S/C24H25N5O2/c1-31-22-9-5-4-8-21(22)27-14-16-28(17-15-27)23-11-10-19(25-26-23)24(30)29-13-12-18-6-2-3-7-20(18)29/h2-11H,12-17H2,1H3. The summed E-state index contributed by atoms with van der Waals surface area (Å²) in [5.74, 6) is 1.60. The van der Waals surface area contributed by atoms with Gasteiger partial charge in [-0.3, -0.25) is 4.79 Å². The van der Waals surface area contributed by atoms with Crippen LogP contribution < -0.4 is 19.4 Å². The van der Waals surface area contributed by atoms with Gasteiger partial charge in [-0.15, -0.1) is 10.2 Å². The molecular weight excluding hydrogens is 390 g/mol. The summed E-state index contributed by atoms with van der Waals surface area (Å²) >= 11 is 0. The highest BCUT2D eigenvalue weighted by atomic mass is 16.5. The van der Waals surface area contributed by atoms with Gasteiger partial charge in [-0.2, -0.15) is 0 Å². The lowest BCUT2D eigenvalue weighted by Crippen LogP contribution is -2.47. The quantitative estimate of drug-likeness (QED) is 0.653. The molecule has 3 aromatic rings. The first-order chi connectivity index (χ1) is 15.2. The third-order valence-electron chi connectivity index (χ3n) is 6.03. The monoisotopic (exact) mass is 415 g/mol. The molecule has 2 aromatic carbocycles. The minimum Gasteiger partial charge on any atom is -0.495 e. The van der Waals surface area contributed by atoms with E-state index in [0.29, 0.717) is 12.2 Å². The molecule has 0 bridgehead atoms. The van der Waals surface area contributed by atoms with Crippen LogP contribution >= 0.6 is 0 Å². The van der Waals surface area contributed by atoms with Gasteiger partial charge in [0.2, 0.25) is 0 Å².